The van der Waals surface area contributed by atoms with Crippen LogP contribution in [-0.2, 0) is 16.7 Å². The van der Waals surface area contributed by atoms with Crippen LogP contribution in [0.1, 0.15) is 24.0 Å². The maximum atomic E-state index is 5.63. The Morgan fingerprint density at radius 1 is 0.958 bits per heavy atom. The van der Waals surface area contributed by atoms with Crippen LogP contribution in [0.5, 0.6) is 0 Å². The predicted molar refractivity (Wildman–Crippen MR) is 98.2 cm³/mol. The van der Waals surface area contributed by atoms with Gasteiger partial charge in [0.1, 0.15) is 0 Å². The summed E-state index contributed by atoms with van der Waals surface area (Å²) >= 11 is 0. The Morgan fingerprint density at radius 2 is 1.79 bits per heavy atom. The highest BCUT2D eigenvalue weighted by atomic mass is 16.5. The lowest BCUT2D eigenvalue weighted by Crippen LogP contribution is -2.42. The Kier molecular flexibility index (Phi) is 4.37. The van der Waals surface area contributed by atoms with Gasteiger partial charge in [0.15, 0.2) is 0 Å². The van der Waals surface area contributed by atoms with Crippen molar-refractivity contribution in [3.8, 4) is 0 Å². The van der Waals surface area contributed by atoms with Crippen LogP contribution < -0.4 is 5.32 Å². The number of hydrogen-bond acceptors (Lipinski definition) is 2. The van der Waals surface area contributed by atoms with Crippen LogP contribution >= 0.6 is 0 Å². The van der Waals surface area contributed by atoms with E-state index in [1.54, 1.807) is 0 Å². The van der Waals surface area contributed by atoms with Gasteiger partial charge in [-0.1, -0.05) is 42.5 Å². The minimum atomic E-state index is 0.186. The first-order valence-corrected chi connectivity index (χ1v) is 8.76. The molecule has 2 heterocycles. The van der Waals surface area contributed by atoms with E-state index in [0.29, 0.717) is 0 Å². The van der Waals surface area contributed by atoms with Crippen LogP contribution in [0.2, 0.25) is 0 Å². The van der Waals surface area contributed by atoms with Crippen LogP contribution in [0, 0.1) is 0 Å². The van der Waals surface area contributed by atoms with Gasteiger partial charge in [0.2, 0.25) is 0 Å². The lowest BCUT2D eigenvalue weighted by Gasteiger charge is -2.38. The normalized spacial score (nSPS) is 17.2. The van der Waals surface area contributed by atoms with E-state index in [4.69, 9.17) is 4.74 Å². The summed E-state index contributed by atoms with van der Waals surface area (Å²) in [5, 5.41) is 5.03. The van der Waals surface area contributed by atoms with Gasteiger partial charge in [0, 0.05) is 48.8 Å². The van der Waals surface area contributed by atoms with Gasteiger partial charge in [-0.15, -0.1) is 0 Å². The molecule has 0 aliphatic carbocycles. The fraction of sp³-hybridized carbons (Fsp3) is 0.333. The van der Waals surface area contributed by atoms with Crippen molar-refractivity contribution in [3.63, 3.8) is 0 Å². The van der Waals surface area contributed by atoms with Crippen LogP contribution in [0.15, 0.2) is 60.8 Å². The molecule has 1 saturated heterocycles. The van der Waals surface area contributed by atoms with E-state index in [2.05, 4.69) is 64.9 Å². The van der Waals surface area contributed by atoms with Crippen molar-refractivity contribution < 1.29 is 4.74 Å². The standard InChI is InChI=1S/C21H24N2O/c1-2-6-18(7-3-1)21(10-13-24-14-11-21)16-22-15-17-5-4-8-20-19(17)9-12-23-20/h1-9,12,22-23H,10-11,13-16H2. The number of nitrogens with one attached hydrogen (secondary N) is 2. The molecule has 1 aromatic heterocycles. The van der Waals surface area contributed by atoms with E-state index in [-0.39, 0.29) is 5.41 Å². The van der Waals surface area contributed by atoms with Crippen molar-refractivity contribution in [1.29, 1.82) is 0 Å². The van der Waals surface area contributed by atoms with Crippen LogP contribution in [0.3, 0.4) is 0 Å². The average Bonchev–Trinajstić information content (AvgIpc) is 3.13. The van der Waals surface area contributed by atoms with Crippen molar-refractivity contribution >= 4 is 10.9 Å². The third kappa shape index (κ3) is 2.97. The molecule has 0 radical (unpaired) electrons. The van der Waals surface area contributed by atoms with Gasteiger partial charge < -0.3 is 15.0 Å². The highest BCUT2D eigenvalue weighted by molar-refractivity contribution is 5.82. The summed E-state index contributed by atoms with van der Waals surface area (Å²) in [6, 6.07) is 19.5. The number of aromatic amines is 1. The molecule has 0 unspecified atom stereocenters. The molecule has 124 valence electrons. The highest BCUT2D eigenvalue weighted by Gasteiger charge is 2.33. The third-order valence-corrected chi connectivity index (χ3v) is 5.30. The third-order valence-electron chi connectivity index (χ3n) is 5.30. The van der Waals surface area contributed by atoms with Crippen LogP contribution in [-0.4, -0.2) is 24.7 Å². The molecule has 0 bridgehead atoms. The zero-order valence-electron chi connectivity index (χ0n) is 13.9. The fourth-order valence-corrected chi connectivity index (χ4v) is 3.86. The van der Waals surface area contributed by atoms with Gasteiger partial charge in [-0.2, -0.15) is 0 Å². The summed E-state index contributed by atoms with van der Waals surface area (Å²) in [5.74, 6) is 0. The van der Waals surface area contributed by atoms with Crippen molar-refractivity contribution in [2.75, 3.05) is 19.8 Å². The Hall–Kier alpha value is -2.10. The van der Waals surface area contributed by atoms with Gasteiger partial charge in [-0.05, 0) is 36.1 Å². The lowest BCUT2D eigenvalue weighted by atomic mass is 9.74. The van der Waals surface area contributed by atoms with Crippen molar-refractivity contribution in [1.82, 2.24) is 10.3 Å². The zero-order chi connectivity index (χ0) is 16.2. The van der Waals surface area contributed by atoms with E-state index < -0.39 is 0 Å². The van der Waals surface area contributed by atoms with Gasteiger partial charge in [0.05, 0.1) is 0 Å². The molecule has 0 atom stereocenters. The molecular weight excluding hydrogens is 296 g/mol. The number of rotatable bonds is 5. The Balaban J connectivity index is 1.51. The molecule has 2 N–H and O–H groups in total. The second-order valence-electron chi connectivity index (χ2n) is 6.72. The van der Waals surface area contributed by atoms with E-state index >= 15 is 0 Å². The minimum absolute atomic E-state index is 0.186. The summed E-state index contributed by atoms with van der Waals surface area (Å²) in [6.07, 6.45) is 4.18. The summed E-state index contributed by atoms with van der Waals surface area (Å²) in [4.78, 5) is 3.29. The average molecular weight is 320 g/mol. The number of ether oxygens (including phenoxy) is 1. The maximum absolute atomic E-state index is 5.63. The second kappa shape index (κ2) is 6.80. The topological polar surface area (TPSA) is 37.0 Å². The van der Waals surface area contributed by atoms with E-state index in [0.717, 1.165) is 39.1 Å². The molecule has 0 spiro atoms. The lowest BCUT2D eigenvalue weighted by molar-refractivity contribution is 0.0498. The number of fused-ring (bicyclic) bond motifs is 1. The SMILES string of the molecule is c1ccc(C2(CNCc3cccc4[nH]ccc34)CCOCC2)cc1. The molecule has 2 aromatic carbocycles. The zero-order valence-corrected chi connectivity index (χ0v) is 13.9. The van der Waals surface area contributed by atoms with Gasteiger partial charge in [-0.25, -0.2) is 0 Å². The van der Waals surface area contributed by atoms with Crippen molar-refractivity contribution in [2.45, 2.75) is 24.8 Å². The molecule has 24 heavy (non-hydrogen) atoms. The van der Waals surface area contributed by atoms with Gasteiger partial charge in [0.25, 0.3) is 0 Å². The first kappa shape index (κ1) is 15.4. The van der Waals surface area contributed by atoms with E-state index in [9.17, 15) is 0 Å². The summed E-state index contributed by atoms with van der Waals surface area (Å²) in [6.45, 7) is 3.58. The molecule has 3 nitrogen and oxygen atoms in total. The van der Waals surface area contributed by atoms with E-state index in [1.165, 1.54) is 22.0 Å². The second-order valence-corrected chi connectivity index (χ2v) is 6.72. The minimum Gasteiger partial charge on any atom is -0.381 e. The summed E-state index contributed by atoms with van der Waals surface area (Å²) in [5.41, 5.74) is 4.17. The molecular formula is C21H24N2O. The number of H-pyrrole nitrogens is 1. The molecule has 1 aliphatic heterocycles. The predicted octanol–water partition coefficient (Wildman–Crippen LogP) is 4.01. The Labute approximate surface area is 143 Å². The van der Waals surface area contributed by atoms with Crippen molar-refractivity contribution in [3.05, 3.63) is 71.9 Å². The van der Waals surface area contributed by atoms with Crippen LogP contribution in [0.4, 0.5) is 0 Å². The highest BCUT2D eigenvalue weighted by Crippen LogP contribution is 2.34. The van der Waals surface area contributed by atoms with Gasteiger partial charge >= 0.3 is 0 Å². The molecule has 3 heteroatoms. The fourth-order valence-electron chi connectivity index (χ4n) is 3.86. The quantitative estimate of drug-likeness (QED) is 0.745. The summed E-state index contributed by atoms with van der Waals surface area (Å²) < 4.78 is 5.63. The molecule has 3 aromatic rings. The van der Waals surface area contributed by atoms with Crippen LogP contribution in [0.25, 0.3) is 10.9 Å². The maximum Gasteiger partial charge on any atom is 0.0475 e. The molecule has 1 fully saturated rings. The first-order chi connectivity index (χ1) is 11.9. The number of aromatic nitrogens is 1. The molecule has 1 aliphatic rings. The van der Waals surface area contributed by atoms with E-state index in [1.807, 2.05) is 6.20 Å². The Bertz CT molecular complexity index is 788. The number of hydrogen-bond donors (Lipinski definition) is 2. The van der Waals surface area contributed by atoms with Crippen molar-refractivity contribution in [2.24, 2.45) is 0 Å². The summed E-state index contributed by atoms with van der Waals surface area (Å²) in [7, 11) is 0. The molecule has 0 amide bonds. The monoisotopic (exact) mass is 320 g/mol. The smallest absolute Gasteiger partial charge is 0.0475 e. The Morgan fingerprint density at radius 3 is 2.62 bits per heavy atom. The molecule has 0 saturated carbocycles. The largest absolute Gasteiger partial charge is 0.381 e. The number of benzene rings is 2. The van der Waals surface area contributed by atoms with Gasteiger partial charge in [-0.3, -0.25) is 0 Å². The first-order valence-electron chi connectivity index (χ1n) is 8.76. The molecule has 4 rings (SSSR count).